The van der Waals surface area contributed by atoms with E-state index < -0.39 is 0 Å². The summed E-state index contributed by atoms with van der Waals surface area (Å²) in [5.41, 5.74) is 1.64. The summed E-state index contributed by atoms with van der Waals surface area (Å²) in [6.45, 7) is 6.43. The minimum atomic E-state index is -0.243. The summed E-state index contributed by atoms with van der Waals surface area (Å²) in [7, 11) is 0. The van der Waals surface area contributed by atoms with Gasteiger partial charge in [-0.15, -0.1) is 0 Å². The van der Waals surface area contributed by atoms with Gasteiger partial charge in [-0.3, -0.25) is 0 Å². The van der Waals surface area contributed by atoms with Gasteiger partial charge in [-0.05, 0) is 49.9 Å². The Morgan fingerprint density at radius 3 is 2.95 bits per heavy atom. The minimum Gasteiger partial charge on any atom is -0.381 e. The Kier molecular flexibility index (Phi) is 5.82. The molecule has 0 saturated carbocycles. The Morgan fingerprint density at radius 1 is 1.50 bits per heavy atom. The van der Waals surface area contributed by atoms with Crippen molar-refractivity contribution in [3.63, 3.8) is 0 Å². The summed E-state index contributed by atoms with van der Waals surface area (Å²) >= 11 is 6.27. The van der Waals surface area contributed by atoms with E-state index in [1.54, 1.807) is 6.92 Å². The van der Waals surface area contributed by atoms with E-state index in [9.17, 15) is 4.39 Å². The maximum Gasteiger partial charge on any atom is 0.127 e. The monoisotopic (exact) mass is 299 g/mol. The third-order valence-corrected chi connectivity index (χ3v) is 4.22. The summed E-state index contributed by atoms with van der Waals surface area (Å²) in [5, 5.41) is 4.06. The molecular weight excluding hydrogens is 277 g/mol. The van der Waals surface area contributed by atoms with Gasteiger partial charge in [-0.25, -0.2) is 4.39 Å². The highest BCUT2D eigenvalue weighted by Gasteiger charge is 2.27. The van der Waals surface area contributed by atoms with Gasteiger partial charge in [0.1, 0.15) is 5.82 Å². The lowest BCUT2D eigenvalue weighted by Gasteiger charge is -2.32. The first-order chi connectivity index (χ1) is 9.63. The van der Waals surface area contributed by atoms with Gasteiger partial charge in [0.25, 0.3) is 0 Å². The molecule has 2 rings (SSSR count). The minimum absolute atomic E-state index is 0.141. The third-order valence-electron chi connectivity index (χ3n) is 3.89. The maximum absolute atomic E-state index is 13.6. The molecule has 0 aliphatic carbocycles. The molecule has 0 radical (unpaired) electrons. The van der Waals surface area contributed by atoms with Gasteiger partial charge < -0.3 is 10.1 Å². The van der Waals surface area contributed by atoms with Crippen LogP contribution in [0.3, 0.4) is 0 Å². The molecule has 112 valence electrons. The molecule has 0 amide bonds. The Balaban J connectivity index is 2.27. The first-order valence-electron chi connectivity index (χ1n) is 7.40. The van der Waals surface area contributed by atoms with E-state index in [0.717, 1.165) is 44.6 Å². The SMILES string of the molecule is CCCNC(c1cc(C)c(F)cc1Cl)C1CCCOC1. The van der Waals surface area contributed by atoms with Gasteiger partial charge >= 0.3 is 0 Å². The van der Waals surface area contributed by atoms with E-state index in [4.69, 9.17) is 16.3 Å². The second-order valence-electron chi connectivity index (χ2n) is 5.53. The van der Waals surface area contributed by atoms with Crippen LogP contribution < -0.4 is 5.32 Å². The molecule has 1 aliphatic heterocycles. The van der Waals surface area contributed by atoms with Crippen LogP contribution in [0.15, 0.2) is 12.1 Å². The lowest BCUT2D eigenvalue weighted by Crippen LogP contribution is -2.34. The van der Waals surface area contributed by atoms with Gasteiger partial charge in [0.15, 0.2) is 0 Å². The standard InChI is InChI=1S/C16H23ClFNO/c1-3-6-19-16(12-5-4-7-20-10-12)13-8-11(2)15(18)9-14(13)17/h8-9,12,16,19H,3-7,10H2,1-2H3. The lowest BCUT2D eigenvalue weighted by atomic mass is 9.88. The van der Waals surface area contributed by atoms with E-state index in [1.165, 1.54) is 6.07 Å². The number of hydrogen-bond acceptors (Lipinski definition) is 2. The Bertz CT molecular complexity index is 446. The molecule has 1 aromatic carbocycles. The molecule has 2 nitrogen and oxygen atoms in total. The molecule has 2 unspecified atom stereocenters. The number of hydrogen-bond donors (Lipinski definition) is 1. The zero-order valence-electron chi connectivity index (χ0n) is 12.2. The van der Waals surface area contributed by atoms with E-state index in [-0.39, 0.29) is 11.9 Å². The Hall–Kier alpha value is -0.640. The molecular formula is C16H23ClFNO. The normalized spacial score (nSPS) is 20.9. The number of benzene rings is 1. The molecule has 1 saturated heterocycles. The fourth-order valence-electron chi connectivity index (χ4n) is 2.78. The molecule has 1 aromatic rings. The Labute approximate surface area is 125 Å². The number of rotatable bonds is 5. The van der Waals surface area contributed by atoms with Crippen molar-refractivity contribution >= 4 is 11.6 Å². The largest absolute Gasteiger partial charge is 0.381 e. The summed E-state index contributed by atoms with van der Waals surface area (Å²) in [6, 6.07) is 3.44. The molecule has 0 bridgehead atoms. The topological polar surface area (TPSA) is 21.3 Å². The molecule has 4 heteroatoms. The van der Waals surface area contributed by atoms with Crippen LogP contribution in [0.5, 0.6) is 0 Å². The van der Waals surface area contributed by atoms with E-state index in [2.05, 4.69) is 12.2 Å². The number of aryl methyl sites for hydroxylation is 1. The van der Waals surface area contributed by atoms with Gasteiger partial charge in [0.05, 0.1) is 6.61 Å². The van der Waals surface area contributed by atoms with Crippen molar-refractivity contribution in [3.05, 3.63) is 34.1 Å². The van der Waals surface area contributed by atoms with E-state index in [1.807, 2.05) is 6.07 Å². The van der Waals surface area contributed by atoms with Crippen molar-refractivity contribution in [1.82, 2.24) is 5.32 Å². The van der Waals surface area contributed by atoms with E-state index in [0.29, 0.717) is 16.5 Å². The fraction of sp³-hybridized carbons (Fsp3) is 0.625. The third kappa shape index (κ3) is 3.72. The number of nitrogens with one attached hydrogen (secondary N) is 1. The van der Waals surface area contributed by atoms with Crippen molar-refractivity contribution in [1.29, 1.82) is 0 Å². The maximum atomic E-state index is 13.6. The molecule has 1 fully saturated rings. The first kappa shape index (κ1) is 15.7. The number of halogens is 2. The van der Waals surface area contributed by atoms with Crippen molar-refractivity contribution in [2.75, 3.05) is 19.8 Å². The van der Waals surface area contributed by atoms with Gasteiger partial charge in [0, 0.05) is 23.6 Å². The van der Waals surface area contributed by atoms with Crippen LogP contribution in [0.2, 0.25) is 5.02 Å². The number of ether oxygens (including phenoxy) is 1. The molecule has 1 aliphatic rings. The van der Waals surface area contributed by atoms with Crippen LogP contribution in [0.1, 0.15) is 43.4 Å². The first-order valence-corrected chi connectivity index (χ1v) is 7.78. The average Bonchev–Trinajstić information content (AvgIpc) is 2.45. The van der Waals surface area contributed by atoms with Gasteiger partial charge in [-0.1, -0.05) is 24.6 Å². The molecule has 20 heavy (non-hydrogen) atoms. The van der Waals surface area contributed by atoms with Crippen LogP contribution in [-0.2, 0) is 4.74 Å². The Morgan fingerprint density at radius 2 is 2.30 bits per heavy atom. The quantitative estimate of drug-likeness (QED) is 0.877. The van der Waals surface area contributed by atoms with Crippen LogP contribution in [-0.4, -0.2) is 19.8 Å². The fourth-order valence-corrected chi connectivity index (χ4v) is 3.04. The summed E-state index contributed by atoms with van der Waals surface area (Å²) in [4.78, 5) is 0. The average molecular weight is 300 g/mol. The van der Waals surface area contributed by atoms with Crippen molar-refractivity contribution in [2.45, 2.75) is 39.2 Å². The highest BCUT2D eigenvalue weighted by Crippen LogP contribution is 2.34. The molecule has 2 atom stereocenters. The van der Waals surface area contributed by atoms with Crippen LogP contribution in [0.25, 0.3) is 0 Å². The zero-order chi connectivity index (χ0) is 14.5. The molecule has 1 heterocycles. The molecule has 0 spiro atoms. The lowest BCUT2D eigenvalue weighted by molar-refractivity contribution is 0.0390. The summed E-state index contributed by atoms with van der Waals surface area (Å²) in [6.07, 6.45) is 3.25. The van der Waals surface area contributed by atoms with Crippen molar-refractivity contribution < 1.29 is 9.13 Å². The summed E-state index contributed by atoms with van der Waals surface area (Å²) in [5.74, 6) is 0.158. The molecule has 0 aromatic heterocycles. The predicted molar refractivity (Wildman–Crippen MR) is 80.7 cm³/mol. The van der Waals surface area contributed by atoms with Gasteiger partial charge in [0.2, 0.25) is 0 Å². The van der Waals surface area contributed by atoms with Crippen LogP contribution >= 0.6 is 11.6 Å². The second-order valence-corrected chi connectivity index (χ2v) is 5.94. The highest BCUT2D eigenvalue weighted by atomic mass is 35.5. The van der Waals surface area contributed by atoms with Crippen LogP contribution in [0.4, 0.5) is 4.39 Å². The van der Waals surface area contributed by atoms with Crippen molar-refractivity contribution in [3.8, 4) is 0 Å². The zero-order valence-corrected chi connectivity index (χ0v) is 13.0. The van der Waals surface area contributed by atoms with Gasteiger partial charge in [-0.2, -0.15) is 0 Å². The highest BCUT2D eigenvalue weighted by molar-refractivity contribution is 6.31. The summed E-state index contributed by atoms with van der Waals surface area (Å²) < 4.78 is 19.2. The van der Waals surface area contributed by atoms with E-state index >= 15 is 0 Å². The molecule has 1 N–H and O–H groups in total. The predicted octanol–water partition coefficient (Wildman–Crippen LogP) is 4.25. The smallest absolute Gasteiger partial charge is 0.127 e. The second kappa shape index (κ2) is 7.39. The van der Waals surface area contributed by atoms with Crippen molar-refractivity contribution in [2.24, 2.45) is 5.92 Å². The van der Waals surface area contributed by atoms with Crippen LogP contribution in [0, 0.1) is 18.7 Å².